The summed E-state index contributed by atoms with van der Waals surface area (Å²) < 4.78 is -1.10. The van der Waals surface area contributed by atoms with Gasteiger partial charge in [0, 0.05) is 12.5 Å². The first-order valence-electron chi connectivity index (χ1n) is 12.0. The molecule has 0 aliphatic carbocycles. The molecule has 2 aliphatic heterocycles. The average molecular weight is 507 g/mol. The summed E-state index contributed by atoms with van der Waals surface area (Å²) >= 11 is 3.42. The van der Waals surface area contributed by atoms with E-state index in [1.54, 1.807) is 18.7 Å². The Kier molecular flexibility index (Phi) is 5.58. The summed E-state index contributed by atoms with van der Waals surface area (Å²) in [4.78, 5) is 12.7. The molecule has 0 saturated heterocycles. The number of Topliss-reactive ketones (excluding diaryl/α,β-unsaturated/α-hetero) is 1. The van der Waals surface area contributed by atoms with Gasteiger partial charge in [0.2, 0.25) is 0 Å². The number of rotatable bonds is 4. The van der Waals surface area contributed by atoms with Crippen molar-refractivity contribution in [2.24, 2.45) is 5.10 Å². The fourth-order valence-electron chi connectivity index (χ4n) is 5.08. The predicted octanol–water partition coefficient (Wildman–Crippen LogP) is 7.61. The normalized spacial score (nSPS) is 19.9. The van der Waals surface area contributed by atoms with Crippen molar-refractivity contribution >= 4 is 40.0 Å². The largest absolute Gasteiger partial charge is 0.292 e. The van der Waals surface area contributed by atoms with Crippen LogP contribution >= 0.6 is 23.5 Å². The molecular weight excluding hydrogens is 480 g/mol. The fraction of sp³-hybridized carbons (Fsp3) is 0.161. The number of carbonyl (C=O) groups excluding carboxylic acids is 1. The van der Waals surface area contributed by atoms with Crippen LogP contribution in [0.4, 0.5) is 5.69 Å². The minimum Gasteiger partial charge on any atom is -0.292 e. The lowest BCUT2D eigenvalue weighted by Crippen LogP contribution is -2.34. The smallest absolute Gasteiger partial charge is 0.187 e. The molecule has 5 heteroatoms. The SMILES string of the molecule is CC(=O)C1=NN(c2ccccc2)C2(S1)SC(c1ccc(C)cc1)(c1ccc(C)cc1)c1ccccc12. The lowest BCUT2D eigenvalue weighted by Gasteiger charge is -2.37. The molecule has 6 rings (SSSR count). The van der Waals surface area contributed by atoms with E-state index in [0.717, 1.165) is 5.69 Å². The van der Waals surface area contributed by atoms with Gasteiger partial charge < -0.3 is 0 Å². The standard InChI is InChI=1S/C31H26N2OS2/c1-21-13-17-24(18-14-21)30(25-19-15-22(2)16-20-25)27-11-7-8-12-28(27)31(36-30)33(26-9-5-4-6-10-26)32-29(35-31)23(3)34/h4-20H,1-3H3. The van der Waals surface area contributed by atoms with E-state index in [2.05, 4.69) is 104 Å². The molecule has 36 heavy (non-hydrogen) atoms. The summed E-state index contributed by atoms with van der Waals surface area (Å²) in [6, 6.07) is 36.6. The Hall–Kier alpha value is -3.28. The molecular formula is C31H26N2OS2. The third-order valence-corrected chi connectivity index (χ3v) is 10.3. The van der Waals surface area contributed by atoms with E-state index >= 15 is 0 Å². The molecule has 3 nitrogen and oxygen atoms in total. The van der Waals surface area contributed by atoms with Crippen LogP contribution in [0.2, 0.25) is 0 Å². The maximum absolute atomic E-state index is 12.7. The highest BCUT2D eigenvalue weighted by Crippen LogP contribution is 2.70. The Morgan fingerprint density at radius 2 is 1.25 bits per heavy atom. The summed E-state index contributed by atoms with van der Waals surface area (Å²) in [5, 5.41) is 7.51. The van der Waals surface area contributed by atoms with Gasteiger partial charge >= 0.3 is 0 Å². The number of benzene rings is 4. The topological polar surface area (TPSA) is 32.7 Å². The number of hydrazone groups is 1. The van der Waals surface area contributed by atoms with E-state index in [9.17, 15) is 4.79 Å². The summed E-state index contributed by atoms with van der Waals surface area (Å²) in [5.74, 6) is -0.0148. The van der Waals surface area contributed by atoms with E-state index < -0.39 is 8.95 Å². The molecule has 1 spiro atoms. The van der Waals surface area contributed by atoms with E-state index in [0.29, 0.717) is 5.04 Å². The van der Waals surface area contributed by atoms with Gasteiger partial charge in [0.25, 0.3) is 0 Å². The highest BCUT2D eigenvalue weighted by Gasteiger charge is 2.61. The molecule has 0 N–H and O–H groups in total. The van der Waals surface area contributed by atoms with Gasteiger partial charge in [0.1, 0.15) is 0 Å². The maximum Gasteiger partial charge on any atom is 0.187 e. The van der Waals surface area contributed by atoms with Crippen molar-refractivity contribution in [3.63, 3.8) is 0 Å². The summed E-state index contributed by atoms with van der Waals surface area (Å²) in [7, 11) is 0. The summed E-state index contributed by atoms with van der Waals surface area (Å²) in [6.07, 6.45) is 0. The first kappa shape index (κ1) is 23.1. The van der Waals surface area contributed by atoms with E-state index in [1.165, 1.54) is 33.4 Å². The summed E-state index contributed by atoms with van der Waals surface area (Å²) in [6.45, 7) is 5.85. The lowest BCUT2D eigenvalue weighted by molar-refractivity contribution is -0.110. The first-order chi connectivity index (χ1) is 17.4. The molecule has 0 fully saturated rings. The Labute approximate surface area is 220 Å². The van der Waals surface area contributed by atoms with Crippen LogP contribution in [0.1, 0.15) is 40.3 Å². The Morgan fingerprint density at radius 1 is 0.722 bits per heavy atom. The van der Waals surface area contributed by atoms with Crippen LogP contribution in [0.15, 0.2) is 108 Å². The highest BCUT2D eigenvalue weighted by molar-refractivity contribution is 8.27. The number of ketones is 1. The molecule has 1 unspecified atom stereocenters. The molecule has 1 atom stereocenters. The second kappa shape index (κ2) is 8.68. The number of nitrogens with zero attached hydrogens (tertiary/aromatic N) is 2. The molecule has 0 aromatic heterocycles. The van der Waals surface area contributed by atoms with Crippen LogP contribution < -0.4 is 5.01 Å². The van der Waals surface area contributed by atoms with Crippen LogP contribution in [0, 0.1) is 13.8 Å². The highest BCUT2D eigenvalue weighted by atomic mass is 32.2. The first-order valence-corrected chi connectivity index (χ1v) is 13.7. The van der Waals surface area contributed by atoms with Crippen molar-refractivity contribution in [1.82, 2.24) is 0 Å². The van der Waals surface area contributed by atoms with Crippen molar-refractivity contribution < 1.29 is 4.79 Å². The molecule has 2 heterocycles. The Balaban J connectivity index is 1.65. The zero-order chi connectivity index (χ0) is 24.9. The van der Waals surface area contributed by atoms with E-state index in [4.69, 9.17) is 5.10 Å². The van der Waals surface area contributed by atoms with Gasteiger partial charge in [-0.15, -0.1) is 0 Å². The van der Waals surface area contributed by atoms with Gasteiger partial charge in [-0.05, 0) is 42.7 Å². The Bertz CT molecular complexity index is 1430. The molecule has 0 saturated carbocycles. The summed E-state index contributed by atoms with van der Waals surface area (Å²) in [5.41, 5.74) is 8.26. The number of aryl methyl sites for hydroxylation is 2. The lowest BCUT2D eigenvalue weighted by atomic mass is 9.81. The van der Waals surface area contributed by atoms with E-state index in [1.807, 2.05) is 30.0 Å². The van der Waals surface area contributed by atoms with Gasteiger partial charge in [-0.25, -0.2) is 5.01 Å². The van der Waals surface area contributed by atoms with Crippen LogP contribution in [0.25, 0.3) is 0 Å². The number of fused-ring (bicyclic) bond motifs is 2. The molecule has 4 aromatic carbocycles. The number of hydrogen-bond donors (Lipinski definition) is 0. The van der Waals surface area contributed by atoms with E-state index in [-0.39, 0.29) is 5.78 Å². The zero-order valence-corrected chi connectivity index (χ0v) is 22.1. The monoisotopic (exact) mass is 506 g/mol. The maximum atomic E-state index is 12.7. The predicted molar refractivity (Wildman–Crippen MR) is 153 cm³/mol. The van der Waals surface area contributed by atoms with Gasteiger partial charge in [0.05, 0.1) is 10.4 Å². The second-order valence-electron chi connectivity index (χ2n) is 9.35. The van der Waals surface area contributed by atoms with Crippen LogP contribution in [0.5, 0.6) is 0 Å². The zero-order valence-electron chi connectivity index (χ0n) is 20.4. The number of thioether (sulfide) groups is 2. The number of anilines is 1. The third-order valence-electron chi connectivity index (χ3n) is 6.86. The number of para-hydroxylation sites is 1. The fourth-order valence-corrected chi connectivity index (χ4v) is 8.64. The van der Waals surface area contributed by atoms with Crippen LogP contribution in [-0.2, 0) is 13.7 Å². The minimum absolute atomic E-state index is 0.0148. The van der Waals surface area contributed by atoms with Crippen molar-refractivity contribution in [3.8, 4) is 0 Å². The molecule has 0 amide bonds. The van der Waals surface area contributed by atoms with Crippen molar-refractivity contribution in [3.05, 3.63) is 137 Å². The van der Waals surface area contributed by atoms with Gasteiger partial charge in [-0.2, -0.15) is 5.10 Å². The van der Waals surface area contributed by atoms with Crippen LogP contribution in [-0.4, -0.2) is 10.8 Å². The quantitative estimate of drug-likeness (QED) is 0.285. The molecule has 4 aromatic rings. The van der Waals surface area contributed by atoms with Gasteiger partial charge in [-0.1, -0.05) is 126 Å². The number of hydrogen-bond acceptors (Lipinski definition) is 5. The van der Waals surface area contributed by atoms with Gasteiger partial charge in [-0.3, -0.25) is 4.79 Å². The number of carbonyl (C=O) groups is 1. The van der Waals surface area contributed by atoms with Crippen molar-refractivity contribution in [2.75, 3.05) is 5.01 Å². The molecule has 0 bridgehead atoms. The molecule has 178 valence electrons. The van der Waals surface area contributed by atoms with Crippen LogP contribution in [0.3, 0.4) is 0 Å². The van der Waals surface area contributed by atoms with Crippen molar-refractivity contribution in [2.45, 2.75) is 29.7 Å². The molecule has 2 aliphatic rings. The van der Waals surface area contributed by atoms with Gasteiger partial charge in [0.15, 0.2) is 15.0 Å². The second-order valence-corrected chi connectivity index (χ2v) is 12.2. The molecule has 0 radical (unpaired) electrons. The minimum atomic E-state index is -0.630. The Morgan fingerprint density at radius 3 is 1.81 bits per heavy atom. The van der Waals surface area contributed by atoms with Crippen molar-refractivity contribution in [1.29, 1.82) is 0 Å². The average Bonchev–Trinajstić information content (AvgIpc) is 3.43. The third kappa shape index (κ3) is 3.45.